The Bertz CT molecular complexity index is 9180. The number of nitrogens with zero attached hydrogens (tertiary/aromatic N) is 1. The van der Waals surface area contributed by atoms with Crippen LogP contribution in [0.2, 0.25) is 0 Å². The first kappa shape index (κ1) is 81.6. The summed E-state index contributed by atoms with van der Waals surface area (Å²) in [6, 6.07) is 153. The normalized spacial score (nSPS) is 13.2. The Morgan fingerprint density at radius 1 is 0.211 bits per heavy atom. The molecule has 2 aliphatic rings. The lowest BCUT2D eigenvalue weighted by Crippen LogP contribution is -2.41. The van der Waals surface area contributed by atoms with Gasteiger partial charge in [-0.3, -0.25) is 0 Å². The molecule has 4 nitrogen and oxygen atoms in total. The number of rotatable bonds is 5. The Labute approximate surface area is 795 Å². The molecule has 0 aromatic heterocycles. The topological polar surface area (TPSA) is 51.5 Å². The van der Waals surface area contributed by atoms with Gasteiger partial charge >= 0.3 is 7.12 Å². The molecular weight excluding hydrogens is 1810 g/mol. The van der Waals surface area contributed by atoms with Crippen LogP contribution < -0.4 is 10.2 Å². The van der Waals surface area contributed by atoms with E-state index in [1.807, 2.05) is 24.3 Å². The average Bonchev–Trinajstić information content (AvgIpc) is 1.55. The molecule has 25 aromatic carbocycles. The molecule has 8 heteroatoms. The summed E-state index contributed by atoms with van der Waals surface area (Å²) in [7, 11) is -0.421. The largest absolute Gasteiger partial charge is 0.495 e. The van der Waals surface area contributed by atoms with Crippen molar-refractivity contribution in [2.75, 3.05) is 0 Å². The number of nitriles is 1. The minimum Gasteiger partial charge on any atom is -0.456 e. The predicted molar refractivity (Wildman–Crippen MR) is 577 cm³/mol. The van der Waals surface area contributed by atoms with Crippen LogP contribution in [0.15, 0.2) is 432 Å². The van der Waals surface area contributed by atoms with Gasteiger partial charge in [0.2, 0.25) is 0 Å². The molecule has 628 valence electrons. The van der Waals surface area contributed by atoms with Gasteiger partial charge in [-0.15, -0.1) is 0 Å². The van der Waals surface area contributed by atoms with E-state index in [0.29, 0.717) is 5.56 Å². The predicted octanol–water partition coefficient (Wildman–Crippen LogP) is 36.1. The Kier molecular flexibility index (Phi) is 20.1. The number of ether oxygens (including phenoxy) is 1. The highest BCUT2D eigenvalue weighted by molar-refractivity contribution is 9.11. The molecule has 25 aromatic rings. The third-order valence-corrected chi connectivity index (χ3v) is 30.0. The molecule has 0 aliphatic carbocycles. The fourth-order valence-corrected chi connectivity index (χ4v) is 22.8. The lowest BCUT2D eigenvalue weighted by atomic mass is 9.74. The van der Waals surface area contributed by atoms with Crippen LogP contribution >= 0.6 is 47.8 Å². The van der Waals surface area contributed by atoms with Crippen molar-refractivity contribution in [3.63, 3.8) is 0 Å². The smallest absolute Gasteiger partial charge is 0.456 e. The van der Waals surface area contributed by atoms with E-state index in [1.165, 1.54) is 206 Å². The molecule has 0 spiro atoms. The SMILES string of the molecule is Brc1cc2c3ccccc3c(-c3cccc4ccccc34)cc2c2ccccc12.Brc1cc2c3ccccc3c(Br)cc2c2ccccc12.CC1(C)OB(c2cc3c4ccccc4c(-c4cccc5ccccc45)cc3c3ccccc23)OC1(C)C.N#Cc1ccc2c(c1)Oc1cccc3c(-c4cc5c6ccccc6c(-c6cccc7ccccc67)cc5c5ccccc45)ccc-2c13. The first-order valence-corrected chi connectivity index (χ1v) is 47.6. The fourth-order valence-electron chi connectivity index (χ4n) is 21.1. The number of benzene rings is 25. The van der Waals surface area contributed by atoms with E-state index in [2.05, 4.69) is 476 Å². The van der Waals surface area contributed by atoms with E-state index in [-0.39, 0.29) is 0 Å². The van der Waals surface area contributed by atoms with Gasteiger partial charge < -0.3 is 14.0 Å². The number of fused-ring (bicyclic) bond motifs is 25. The molecule has 1 saturated heterocycles. The quantitative estimate of drug-likeness (QED) is 0.127. The Balaban J connectivity index is 0.000000102. The van der Waals surface area contributed by atoms with Gasteiger partial charge in [0.1, 0.15) is 11.5 Å². The van der Waals surface area contributed by atoms with Crippen molar-refractivity contribution in [1.82, 2.24) is 0 Å². The highest BCUT2D eigenvalue weighted by atomic mass is 79.9. The van der Waals surface area contributed by atoms with Crippen molar-refractivity contribution in [2.24, 2.45) is 0 Å². The maximum atomic E-state index is 9.49. The van der Waals surface area contributed by atoms with Crippen molar-refractivity contribution in [2.45, 2.75) is 38.9 Å². The van der Waals surface area contributed by atoms with Crippen molar-refractivity contribution < 1.29 is 14.0 Å². The zero-order chi connectivity index (χ0) is 89.5. The van der Waals surface area contributed by atoms with Gasteiger partial charge in [0.15, 0.2) is 0 Å². The van der Waals surface area contributed by atoms with E-state index in [9.17, 15) is 5.26 Å². The van der Waals surface area contributed by atoms with E-state index in [0.717, 1.165) is 52.3 Å². The van der Waals surface area contributed by atoms with Crippen LogP contribution in [0.3, 0.4) is 0 Å². The number of halogens is 3. The molecule has 2 heterocycles. The summed E-state index contributed by atoms with van der Waals surface area (Å²) >= 11 is 11.2. The molecule has 0 saturated carbocycles. The summed E-state index contributed by atoms with van der Waals surface area (Å²) in [5, 5.41) is 49.5. The molecule has 133 heavy (non-hydrogen) atoms. The van der Waals surface area contributed by atoms with E-state index in [4.69, 9.17) is 14.0 Å². The molecular formula is C125H81BBr3NO3. The second-order valence-electron chi connectivity index (χ2n) is 35.9. The summed E-state index contributed by atoms with van der Waals surface area (Å²) in [5.41, 5.74) is 13.0. The van der Waals surface area contributed by atoms with Crippen molar-refractivity contribution >= 4 is 233 Å². The van der Waals surface area contributed by atoms with Crippen LogP contribution in [-0.2, 0) is 9.31 Å². The molecule has 0 unspecified atom stereocenters. The molecule has 0 atom stereocenters. The zero-order valence-corrected chi connectivity index (χ0v) is 78.0. The summed E-state index contributed by atoms with van der Waals surface area (Å²) in [6.07, 6.45) is 0. The van der Waals surface area contributed by atoms with Crippen molar-refractivity contribution in [3.8, 4) is 73.2 Å². The lowest BCUT2D eigenvalue weighted by Gasteiger charge is -2.32. The second kappa shape index (κ2) is 32.7. The van der Waals surface area contributed by atoms with Gasteiger partial charge in [-0.25, -0.2) is 0 Å². The van der Waals surface area contributed by atoms with E-state index in [1.54, 1.807) is 0 Å². The molecule has 0 amide bonds. The Hall–Kier alpha value is -14.6. The minimum absolute atomic E-state index is 0.395. The van der Waals surface area contributed by atoms with Gasteiger partial charge in [-0.05, 0) is 317 Å². The van der Waals surface area contributed by atoms with E-state index >= 15 is 0 Å². The van der Waals surface area contributed by atoms with Crippen LogP contribution in [-0.4, -0.2) is 18.3 Å². The summed E-state index contributed by atoms with van der Waals surface area (Å²) in [4.78, 5) is 0. The third-order valence-electron chi connectivity index (χ3n) is 28.1. The highest BCUT2D eigenvalue weighted by Gasteiger charge is 2.52. The van der Waals surface area contributed by atoms with E-state index < -0.39 is 18.3 Å². The molecule has 0 bridgehead atoms. The Morgan fingerprint density at radius 3 is 0.842 bits per heavy atom. The van der Waals surface area contributed by atoms with Crippen LogP contribution in [0.5, 0.6) is 11.5 Å². The van der Waals surface area contributed by atoms with Gasteiger partial charge in [-0.1, -0.05) is 400 Å². The van der Waals surface area contributed by atoms with Crippen molar-refractivity contribution in [3.05, 3.63) is 438 Å². The maximum Gasteiger partial charge on any atom is 0.495 e. The molecule has 1 fully saturated rings. The summed E-state index contributed by atoms with van der Waals surface area (Å²) < 4.78 is 22.9. The molecule has 27 rings (SSSR count). The zero-order valence-electron chi connectivity index (χ0n) is 73.2. The van der Waals surface area contributed by atoms with Gasteiger partial charge in [0.05, 0.1) is 22.8 Å². The minimum atomic E-state index is -0.421. The van der Waals surface area contributed by atoms with Crippen LogP contribution in [0, 0.1) is 11.3 Å². The maximum absolute atomic E-state index is 9.49. The molecule has 2 aliphatic heterocycles. The third kappa shape index (κ3) is 13.7. The number of hydrogen-bond donors (Lipinski definition) is 0. The summed E-state index contributed by atoms with van der Waals surface area (Å²) in [5.74, 6) is 1.54. The average molecular weight is 1900 g/mol. The lowest BCUT2D eigenvalue weighted by molar-refractivity contribution is 0.00578. The first-order chi connectivity index (χ1) is 65.2. The van der Waals surface area contributed by atoms with Gasteiger partial charge in [0, 0.05) is 24.4 Å². The fraction of sp³-hybridized carbons (Fsp3) is 0.0480. The second-order valence-corrected chi connectivity index (χ2v) is 38.5. The Morgan fingerprint density at radius 2 is 0.474 bits per heavy atom. The van der Waals surface area contributed by atoms with Crippen molar-refractivity contribution in [1.29, 1.82) is 5.26 Å². The van der Waals surface area contributed by atoms with Crippen LogP contribution in [0.25, 0.3) is 228 Å². The number of hydrogen-bond acceptors (Lipinski definition) is 4. The summed E-state index contributed by atoms with van der Waals surface area (Å²) in [6.45, 7) is 8.45. The van der Waals surface area contributed by atoms with Gasteiger partial charge in [0.25, 0.3) is 0 Å². The first-order valence-electron chi connectivity index (χ1n) is 45.2. The highest BCUT2D eigenvalue weighted by Crippen LogP contribution is 2.53. The van der Waals surface area contributed by atoms with Gasteiger partial charge in [-0.2, -0.15) is 5.26 Å². The standard InChI is InChI=1S/C45H25NO.C34H29BO2.C28H17Br.C18H10Br2/c46-26-27-19-20-36-38-22-21-35(37-17-8-18-43(45(37)38)47-44(36)23-27)40-25-42-33-14-5-3-12-31(33)39(24-41(42)34-15-6-4-13-32(34)40)30-16-7-10-28-9-1-2-11-29(28)30;1-33(2)34(3,4)37-35(36-33)32-21-31-26-16-8-7-15-25(26)29(20-30(31)27-17-9-10-18-28(27)32)24-19-11-13-22-12-5-6-14-23(22)24;29-28-17-27-22-12-4-3-11-21(22)25(16-26(27)23-13-5-6-14-24(23)28)20-15-7-9-18-8-1-2-10-19(18)20;19-17-10-16-12-6-2-4-8-14(12)18(20)9-15(16)11-5-1-3-7-13(11)17/h1-25H;5-21H,1-4H3;1-17H;1-10H. The molecule has 0 radical (unpaired) electrons. The molecule has 0 N–H and O–H groups in total. The monoisotopic (exact) mass is 1890 g/mol. The van der Waals surface area contributed by atoms with Crippen LogP contribution in [0.4, 0.5) is 0 Å². The van der Waals surface area contributed by atoms with Crippen LogP contribution in [0.1, 0.15) is 33.3 Å².